The van der Waals surface area contributed by atoms with E-state index in [9.17, 15) is 4.79 Å². The first-order valence-corrected chi connectivity index (χ1v) is 1.95. The fraction of sp³-hybridized carbons (Fsp3) is 0. The average Bonchev–Trinajstić information content (AvgIpc) is 1.36. The minimum absolute atomic E-state index is 0.521. The van der Waals surface area contributed by atoms with Gasteiger partial charge in [-0.3, -0.25) is 0 Å². The molecule has 0 atom stereocenters. The average molecular weight is 155 g/mol. The number of hydrazine groups is 1. The molecular formula is CH4N2O2Se. The summed E-state index contributed by atoms with van der Waals surface area (Å²) in [4.78, 5) is 9.48. The molecule has 1 amide bonds. The Balaban J connectivity index is 3.26. The standard InChI is InChI=1S/CH4N2O2Se/c2-3(6)1(4)5/h6H,2H2,(H,4,5). The number of carbonyl (C=O) groups is 1. The van der Waals surface area contributed by atoms with Gasteiger partial charge in [0.15, 0.2) is 0 Å². The molecule has 5 heteroatoms. The Morgan fingerprint density at radius 1 is 2.00 bits per heavy atom. The molecule has 0 aromatic carbocycles. The topological polar surface area (TPSA) is 66.6 Å². The van der Waals surface area contributed by atoms with Crippen LogP contribution in [0.4, 0.5) is 4.79 Å². The number of hydrogen-bond acceptors (Lipinski definition) is 2. The molecule has 36 valence electrons. The van der Waals surface area contributed by atoms with Crippen molar-refractivity contribution in [3.63, 3.8) is 0 Å². The van der Waals surface area contributed by atoms with Gasteiger partial charge in [0.1, 0.15) is 0 Å². The van der Waals surface area contributed by atoms with Crippen LogP contribution in [0.2, 0.25) is 0 Å². The van der Waals surface area contributed by atoms with Gasteiger partial charge >= 0.3 is 42.1 Å². The molecule has 0 unspecified atom stereocenters. The molecule has 0 radical (unpaired) electrons. The van der Waals surface area contributed by atoms with Crippen LogP contribution < -0.4 is 5.84 Å². The molecule has 4 nitrogen and oxygen atoms in total. The molecule has 0 aromatic heterocycles. The Bertz CT molecular complexity index is 62.6. The maximum absolute atomic E-state index is 9.48. The molecule has 0 rings (SSSR count). The second kappa shape index (κ2) is 2.02. The zero-order chi connectivity index (χ0) is 5.15. The quantitative estimate of drug-likeness (QED) is 0.197. The zero-order valence-corrected chi connectivity index (χ0v) is 4.70. The molecule has 0 aliphatic carbocycles. The Hall–Kier alpha value is -0.251. The molecule has 0 bridgehead atoms. The van der Waals surface area contributed by atoms with Gasteiger partial charge < -0.3 is 0 Å². The van der Waals surface area contributed by atoms with E-state index in [4.69, 9.17) is 5.11 Å². The predicted octanol–water partition coefficient (Wildman–Crippen LogP) is -1.34. The second-order valence-electron chi connectivity index (χ2n) is 0.627. The van der Waals surface area contributed by atoms with Gasteiger partial charge in [-0.25, -0.2) is 0 Å². The van der Waals surface area contributed by atoms with Crippen LogP contribution in [-0.2, 0) is 0 Å². The fourth-order valence-corrected chi connectivity index (χ4v) is 0. The molecule has 0 heterocycles. The van der Waals surface area contributed by atoms with Crippen molar-refractivity contribution in [3.8, 4) is 0 Å². The van der Waals surface area contributed by atoms with Gasteiger partial charge in [-0.1, -0.05) is 0 Å². The first-order valence-electron chi connectivity index (χ1n) is 1.11. The molecule has 0 fully saturated rings. The van der Waals surface area contributed by atoms with Crippen LogP contribution in [0.15, 0.2) is 0 Å². The Morgan fingerprint density at radius 3 is 2.17 bits per heavy atom. The van der Waals surface area contributed by atoms with Crippen LogP contribution in [0.25, 0.3) is 0 Å². The first-order chi connectivity index (χ1) is 2.64. The summed E-state index contributed by atoms with van der Waals surface area (Å²) in [7, 11) is 0. The summed E-state index contributed by atoms with van der Waals surface area (Å²) in [5.41, 5.74) is 0. The number of nitrogens with zero attached hydrogens (tertiary/aromatic N) is 1. The summed E-state index contributed by atoms with van der Waals surface area (Å²) in [6.45, 7) is 0. The van der Waals surface area contributed by atoms with Gasteiger partial charge in [0.2, 0.25) is 0 Å². The molecule has 6 heavy (non-hydrogen) atoms. The third kappa shape index (κ3) is 2.02. The minimum atomic E-state index is -1.16. The normalized spacial score (nSPS) is 7.67. The van der Waals surface area contributed by atoms with Gasteiger partial charge in [0.05, 0.1) is 0 Å². The van der Waals surface area contributed by atoms with Crippen LogP contribution in [0.5, 0.6) is 0 Å². The number of carboxylic acid groups (broad SMARTS) is 1. The van der Waals surface area contributed by atoms with Crippen molar-refractivity contribution in [3.05, 3.63) is 0 Å². The Labute approximate surface area is 42.9 Å². The summed E-state index contributed by atoms with van der Waals surface area (Å²) in [5.74, 6) is 4.64. The van der Waals surface area contributed by atoms with E-state index in [1.807, 2.05) is 0 Å². The summed E-state index contributed by atoms with van der Waals surface area (Å²) in [6.07, 6.45) is -1.16. The van der Waals surface area contributed by atoms with Crippen LogP contribution >= 0.6 is 0 Å². The molecule has 0 saturated heterocycles. The van der Waals surface area contributed by atoms with E-state index in [2.05, 4.69) is 5.84 Å². The first kappa shape index (κ1) is 5.75. The summed E-state index contributed by atoms with van der Waals surface area (Å²) in [6, 6.07) is 0. The van der Waals surface area contributed by atoms with Gasteiger partial charge in [0.25, 0.3) is 0 Å². The fourth-order valence-electron chi connectivity index (χ4n) is 0. The van der Waals surface area contributed by atoms with E-state index >= 15 is 0 Å². The number of hydrogen-bond donors (Lipinski definition) is 2. The van der Waals surface area contributed by atoms with E-state index in [-0.39, 0.29) is 0 Å². The molecule has 3 N–H and O–H groups in total. The molecular weight excluding hydrogens is 151 g/mol. The number of amides is 1. The number of nitrogens with two attached hydrogens (primary N) is 1. The van der Waals surface area contributed by atoms with Gasteiger partial charge in [-0.15, -0.1) is 0 Å². The van der Waals surface area contributed by atoms with Crippen molar-refractivity contribution in [2.75, 3.05) is 0 Å². The summed E-state index contributed by atoms with van der Waals surface area (Å²) < 4.78 is 0.521. The van der Waals surface area contributed by atoms with Gasteiger partial charge in [-0.2, -0.15) is 0 Å². The van der Waals surface area contributed by atoms with E-state index < -0.39 is 6.09 Å². The van der Waals surface area contributed by atoms with Crippen LogP contribution in [-0.4, -0.2) is 31.5 Å². The maximum atomic E-state index is 9.48. The van der Waals surface area contributed by atoms with Gasteiger partial charge in [0, 0.05) is 0 Å². The summed E-state index contributed by atoms with van der Waals surface area (Å²) >= 11 is 1.65. The third-order valence-electron chi connectivity index (χ3n) is 0.196. The molecule has 0 spiro atoms. The van der Waals surface area contributed by atoms with Crippen molar-refractivity contribution < 1.29 is 9.90 Å². The Kier molecular flexibility index (Phi) is 1.94. The van der Waals surface area contributed by atoms with Crippen LogP contribution in [0.1, 0.15) is 0 Å². The molecule has 0 aromatic rings. The monoisotopic (exact) mass is 156 g/mol. The second-order valence-corrected chi connectivity index (χ2v) is 1.53. The third-order valence-corrected chi connectivity index (χ3v) is 0.555. The van der Waals surface area contributed by atoms with Crippen LogP contribution in [0.3, 0.4) is 0 Å². The van der Waals surface area contributed by atoms with Crippen molar-refractivity contribution in [1.82, 2.24) is 4.03 Å². The van der Waals surface area contributed by atoms with Gasteiger partial charge in [-0.05, 0) is 0 Å². The van der Waals surface area contributed by atoms with Crippen molar-refractivity contribution in [1.29, 1.82) is 0 Å². The SMILES string of the molecule is NN([SeH])C(=O)O. The Morgan fingerprint density at radius 2 is 2.17 bits per heavy atom. The molecule has 0 aliphatic rings. The zero-order valence-electron chi connectivity index (χ0n) is 2.83. The van der Waals surface area contributed by atoms with E-state index in [1.54, 1.807) is 16.2 Å². The summed E-state index contributed by atoms with van der Waals surface area (Å²) in [5, 5.41) is 7.78. The van der Waals surface area contributed by atoms with Crippen molar-refractivity contribution >= 4 is 22.3 Å². The van der Waals surface area contributed by atoms with Crippen molar-refractivity contribution in [2.45, 2.75) is 0 Å². The number of rotatable bonds is 0. The van der Waals surface area contributed by atoms with E-state index in [0.717, 1.165) is 0 Å². The molecule has 0 saturated carbocycles. The van der Waals surface area contributed by atoms with Crippen molar-refractivity contribution in [2.24, 2.45) is 5.84 Å². The van der Waals surface area contributed by atoms with Crippen LogP contribution in [0, 0.1) is 0 Å². The molecule has 0 aliphatic heterocycles. The van der Waals surface area contributed by atoms with E-state index in [1.165, 1.54) is 0 Å². The van der Waals surface area contributed by atoms with E-state index in [0.29, 0.717) is 4.03 Å². The predicted molar refractivity (Wildman–Crippen MR) is 21.2 cm³/mol.